The third-order valence-electron chi connectivity index (χ3n) is 4.59. The Labute approximate surface area is 135 Å². The van der Waals surface area contributed by atoms with Gasteiger partial charge in [-0.3, -0.25) is 4.90 Å². The van der Waals surface area contributed by atoms with Crippen LogP contribution in [0.3, 0.4) is 0 Å². The summed E-state index contributed by atoms with van der Waals surface area (Å²) in [6, 6.07) is 3.95. The van der Waals surface area contributed by atoms with E-state index in [2.05, 4.69) is 0 Å². The van der Waals surface area contributed by atoms with Gasteiger partial charge in [-0.15, -0.1) is 0 Å². The van der Waals surface area contributed by atoms with Gasteiger partial charge in [-0.25, -0.2) is 17.2 Å². The zero-order valence-electron chi connectivity index (χ0n) is 12.9. The summed E-state index contributed by atoms with van der Waals surface area (Å²) in [7, 11) is -3.03. The lowest BCUT2D eigenvalue weighted by molar-refractivity contribution is 0.0569. The zero-order chi connectivity index (χ0) is 16.4. The van der Waals surface area contributed by atoms with Gasteiger partial charge in [0, 0.05) is 31.3 Å². The van der Waals surface area contributed by atoms with Crippen LogP contribution in [-0.2, 0) is 21.1 Å². The summed E-state index contributed by atoms with van der Waals surface area (Å²) in [5, 5.41) is 0. The van der Waals surface area contributed by atoms with Crippen molar-refractivity contribution in [2.45, 2.75) is 38.0 Å². The first-order valence-corrected chi connectivity index (χ1v) is 9.76. The SMILES string of the molecule is O=S1(=O)CC[C@@H](N(Cc2cccc(F)c2F)C[C@@H]2CCCO2)C1. The van der Waals surface area contributed by atoms with Crippen molar-refractivity contribution in [2.75, 3.05) is 24.7 Å². The van der Waals surface area contributed by atoms with Crippen LogP contribution in [0.25, 0.3) is 0 Å². The summed E-state index contributed by atoms with van der Waals surface area (Å²) >= 11 is 0. The molecule has 2 aliphatic rings. The van der Waals surface area contributed by atoms with Crippen LogP contribution in [0.1, 0.15) is 24.8 Å². The molecule has 1 aromatic carbocycles. The monoisotopic (exact) mass is 345 g/mol. The van der Waals surface area contributed by atoms with Crippen LogP contribution in [0, 0.1) is 11.6 Å². The smallest absolute Gasteiger partial charge is 0.163 e. The fourth-order valence-corrected chi connectivity index (χ4v) is 5.11. The first-order valence-electron chi connectivity index (χ1n) is 7.93. The number of rotatable bonds is 5. The lowest BCUT2D eigenvalue weighted by Crippen LogP contribution is -2.41. The lowest BCUT2D eigenvalue weighted by Gasteiger charge is -2.30. The van der Waals surface area contributed by atoms with Gasteiger partial charge in [0.15, 0.2) is 21.5 Å². The van der Waals surface area contributed by atoms with Gasteiger partial charge in [-0.05, 0) is 25.3 Å². The molecule has 2 saturated heterocycles. The first-order chi connectivity index (χ1) is 10.9. The highest BCUT2D eigenvalue weighted by Gasteiger charge is 2.34. The van der Waals surface area contributed by atoms with E-state index >= 15 is 0 Å². The van der Waals surface area contributed by atoms with E-state index in [0.717, 1.165) is 18.9 Å². The van der Waals surface area contributed by atoms with Crippen LogP contribution in [0.5, 0.6) is 0 Å². The molecule has 23 heavy (non-hydrogen) atoms. The van der Waals surface area contributed by atoms with Gasteiger partial charge in [0.25, 0.3) is 0 Å². The fourth-order valence-electron chi connectivity index (χ4n) is 3.35. The number of sulfone groups is 1. The van der Waals surface area contributed by atoms with Gasteiger partial charge >= 0.3 is 0 Å². The molecule has 0 amide bonds. The largest absolute Gasteiger partial charge is 0.377 e. The summed E-state index contributed by atoms with van der Waals surface area (Å²) in [5.41, 5.74) is 0.257. The Bertz CT molecular complexity index is 659. The Morgan fingerprint density at radius 1 is 1.26 bits per heavy atom. The predicted octanol–water partition coefficient (Wildman–Crippen LogP) is 2.13. The molecule has 0 spiro atoms. The quantitative estimate of drug-likeness (QED) is 0.820. The van der Waals surface area contributed by atoms with Crippen LogP contribution >= 0.6 is 0 Å². The summed E-state index contributed by atoms with van der Waals surface area (Å²) < 4.78 is 56.5. The van der Waals surface area contributed by atoms with Gasteiger partial charge in [-0.1, -0.05) is 12.1 Å². The minimum absolute atomic E-state index is 0.0370. The van der Waals surface area contributed by atoms with Crippen molar-refractivity contribution >= 4 is 9.84 Å². The minimum Gasteiger partial charge on any atom is -0.377 e. The van der Waals surface area contributed by atoms with E-state index in [9.17, 15) is 17.2 Å². The molecule has 0 saturated carbocycles. The molecule has 0 bridgehead atoms. The van der Waals surface area contributed by atoms with E-state index in [1.165, 1.54) is 6.07 Å². The molecule has 2 atom stereocenters. The Balaban J connectivity index is 1.78. The van der Waals surface area contributed by atoms with Gasteiger partial charge < -0.3 is 4.74 Å². The number of hydrogen-bond donors (Lipinski definition) is 0. The second-order valence-corrected chi connectivity index (χ2v) is 8.56. The average Bonchev–Trinajstić information content (AvgIpc) is 3.12. The zero-order valence-corrected chi connectivity index (χ0v) is 13.7. The maximum absolute atomic E-state index is 14.0. The van der Waals surface area contributed by atoms with Gasteiger partial charge in [0.1, 0.15) is 0 Å². The molecule has 0 aliphatic carbocycles. The summed E-state index contributed by atoms with van der Waals surface area (Å²) in [6.07, 6.45) is 2.47. The van der Waals surface area contributed by atoms with E-state index in [1.807, 2.05) is 4.90 Å². The highest BCUT2D eigenvalue weighted by atomic mass is 32.2. The van der Waals surface area contributed by atoms with Crippen molar-refractivity contribution in [2.24, 2.45) is 0 Å². The summed E-state index contributed by atoms with van der Waals surface area (Å²) in [6.45, 7) is 1.45. The van der Waals surface area contributed by atoms with Crippen molar-refractivity contribution in [3.63, 3.8) is 0 Å². The molecule has 7 heteroatoms. The molecule has 4 nitrogen and oxygen atoms in total. The van der Waals surface area contributed by atoms with Crippen molar-refractivity contribution < 1.29 is 21.9 Å². The average molecular weight is 345 g/mol. The minimum atomic E-state index is -3.03. The molecule has 3 rings (SSSR count). The lowest BCUT2D eigenvalue weighted by atomic mass is 10.1. The number of benzene rings is 1. The number of nitrogens with zero attached hydrogens (tertiary/aromatic N) is 1. The first kappa shape index (κ1) is 16.8. The van der Waals surface area contributed by atoms with Gasteiger partial charge in [0.05, 0.1) is 17.6 Å². The van der Waals surface area contributed by atoms with Crippen LogP contribution in [0.4, 0.5) is 8.78 Å². The van der Waals surface area contributed by atoms with E-state index < -0.39 is 21.5 Å². The number of hydrogen-bond acceptors (Lipinski definition) is 4. The van der Waals surface area contributed by atoms with E-state index in [-0.39, 0.29) is 35.8 Å². The molecule has 2 heterocycles. The molecule has 2 aliphatic heterocycles. The Morgan fingerprint density at radius 2 is 2.09 bits per heavy atom. The van der Waals surface area contributed by atoms with Crippen molar-refractivity contribution in [1.82, 2.24) is 4.90 Å². The molecule has 2 fully saturated rings. The van der Waals surface area contributed by atoms with E-state index in [0.29, 0.717) is 19.6 Å². The predicted molar refractivity (Wildman–Crippen MR) is 82.8 cm³/mol. The highest BCUT2D eigenvalue weighted by molar-refractivity contribution is 7.91. The molecule has 0 radical (unpaired) electrons. The molecule has 128 valence electrons. The number of halogens is 2. The molecular weight excluding hydrogens is 324 g/mol. The van der Waals surface area contributed by atoms with Crippen LogP contribution in [0.15, 0.2) is 18.2 Å². The van der Waals surface area contributed by atoms with Crippen LogP contribution in [-0.4, -0.2) is 50.1 Å². The molecule has 1 aromatic rings. The molecule has 0 unspecified atom stereocenters. The second-order valence-electron chi connectivity index (χ2n) is 6.33. The Kier molecular flexibility index (Phi) is 4.98. The van der Waals surface area contributed by atoms with Crippen molar-refractivity contribution in [1.29, 1.82) is 0 Å². The number of ether oxygens (including phenoxy) is 1. The summed E-state index contributed by atoms with van der Waals surface area (Å²) in [4.78, 5) is 1.94. The topological polar surface area (TPSA) is 46.6 Å². The second kappa shape index (κ2) is 6.83. The molecular formula is C16H21F2NO3S. The van der Waals surface area contributed by atoms with E-state index in [1.54, 1.807) is 6.07 Å². The summed E-state index contributed by atoms with van der Waals surface area (Å²) in [5.74, 6) is -1.49. The Hall–Kier alpha value is -1.05. The van der Waals surface area contributed by atoms with Gasteiger partial charge in [0.2, 0.25) is 0 Å². The standard InChI is InChI=1S/C16H21F2NO3S/c17-15-5-1-3-12(16(15)18)9-19(10-14-4-2-7-22-14)13-6-8-23(20,21)11-13/h1,3,5,13-14H,2,4,6-11H2/t13-,14+/m1/s1. The van der Waals surface area contributed by atoms with Crippen LogP contribution in [0.2, 0.25) is 0 Å². The maximum Gasteiger partial charge on any atom is 0.163 e. The van der Waals surface area contributed by atoms with Gasteiger partial charge in [-0.2, -0.15) is 0 Å². The molecule has 0 aromatic heterocycles. The fraction of sp³-hybridized carbons (Fsp3) is 0.625. The van der Waals surface area contributed by atoms with Crippen LogP contribution < -0.4 is 0 Å². The Morgan fingerprint density at radius 3 is 2.74 bits per heavy atom. The van der Waals surface area contributed by atoms with Crippen molar-refractivity contribution in [3.05, 3.63) is 35.4 Å². The highest BCUT2D eigenvalue weighted by Crippen LogP contribution is 2.24. The molecule has 0 N–H and O–H groups in total. The van der Waals surface area contributed by atoms with E-state index in [4.69, 9.17) is 4.74 Å². The third-order valence-corrected chi connectivity index (χ3v) is 6.34. The maximum atomic E-state index is 14.0. The third kappa shape index (κ3) is 4.08. The normalized spacial score (nSPS) is 26.9. The van der Waals surface area contributed by atoms with Crippen molar-refractivity contribution in [3.8, 4) is 0 Å².